The first kappa shape index (κ1) is 15.1. The van der Waals surface area contributed by atoms with E-state index in [9.17, 15) is 8.42 Å². The van der Waals surface area contributed by atoms with E-state index in [1.165, 1.54) is 4.31 Å². The van der Waals surface area contributed by atoms with E-state index in [0.717, 1.165) is 6.42 Å². The summed E-state index contributed by atoms with van der Waals surface area (Å²) < 4.78 is 32.7. The van der Waals surface area contributed by atoms with Crippen LogP contribution in [0, 0.1) is 0 Å². The summed E-state index contributed by atoms with van der Waals surface area (Å²) >= 11 is 0. The summed E-state index contributed by atoms with van der Waals surface area (Å²) in [6, 6.07) is 0.288. The van der Waals surface area contributed by atoms with Crippen molar-refractivity contribution in [3.8, 4) is 0 Å². The fraction of sp³-hybridized carbons (Fsp3) is 1.00. The molecule has 0 aromatic carbocycles. The summed E-state index contributed by atoms with van der Waals surface area (Å²) in [4.78, 5) is 0. The molecule has 0 aliphatic carbocycles. The average molecular weight is 286 g/mol. The Kier molecular flexibility index (Phi) is 5.62. The van der Waals surface area contributed by atoms with Gasteiger partial charge in [0.05, 0.1) is 13.2 Å². The van der Waals surface area contributed by atoms with Crippen LogP contribution < -0.4 is 5.32 Å². The van der Waals surface area contributed by atoms with Gasteiger partial charge in [0, 0.05) is 32.2 Å². The third kappa shape index (κ3) is 3.30. The Morgan fingerprint density at radius 3 is 2.35 bits per heavy atom. The molecule has 1 unspecified atom stereocenters. The van der Waals surface area contributed by atoms with Crippen molar-refractivity contribution in [1.29, 1.82) is 0 Å². The summed E-state index contributed by atoms with van der Waals surface area (Å²) in [7, 11) is -1.39. The van der Waals surface area contributed by atoms with Crippen LogP contribution in [0.2, 0.25) is 0 Å². The lowest BCUT2D eigenvalue weighted by molar-refractivity contribution is 0.0705. The molecule has 8 heteroatoms. The van der Waals surface area contributed by atoms with Crippen molar-refractivity contribution in [2.24, 2.45) is 0 Å². The molecule has 102 valence electrons. The minimum atomic E-state index is -3.26. The quantitative estimate of drug-likeness (QED) is 0.743. The van der Waals surface area contributed by atoms with Gasteiger partial charge in [0.25, 0.3) is 10.2 Å². The zero-order valence-corrected chi connectivity index (χ0v) is 11.6. The number of rotatable bonds is 3. The number of hydrogen-bond acceptors (Lipinski definition) is 4. The van der Waals surface area contributed by atoms with Crippen LogP contribution in [0.3, 0.4) is 0 Å². The zero-order chi connectivity index (χ0) is 11.6. The van der Waals surface area contributed by atoms with Crippen molar-refractivity contribution in [3.05, 3.63) is 0 Å². The maximum atomic E-state index is 12.2. The Morgan fingerprint density at radius 2 is 1.82 bits per heavy atom. The molecule has 0 saturated carbocycles. The molecule has 2 aliphatic heterocycles. The van der Waals surface area contributed by atoms with Gasteiger partial charge in [-0.15, -0.1) is 12.4 Å². The molecular formula is C9H20ClN3O3S. The van der Waals surface area contributed by atoms with Crippen molar-refractivity contribution in [3.63, 3.8) is 0 Å². The minimum absolute atomic E-state index is 0. The second-order valence-corrected chi connectivity index (χ2v) is 6.08. The Hall–Kier alpha value is 0.0800. The summed E-state index contributed by atoms with van der Waals surface area (Å²) in [5.41, 5.74) is 0. The van der Waals surface area contributed by atoms with Gasteiger partial charge >= 0.3 is 0 Å². The van der Waals surface area contributed by atoms with Gasteiger partial charge < -0.3 is 10.1 Å². The molecule has 0 spiro atoms. The molecular weight excluding hydrogens is 266 g/mol. The monoisotopic (exact) mass is 285 g/mol. The van der Waals surface area contributed by atoms with Gasteiger partial charge in [0.15, 0.2) is 0 Å². The molecule has 0 aromatic heterocycles. The fourth-order valence-electron chi connectivity index (χ4n) is 2.11. The molecule has 0 bridgehead atoms. The summed E-state index contributed by atoms with van der Waals surface area (Å²) in [5, 5.41) is 3.12. The van der Waals surface area contributed by atoms with Crippen molar-refractivity contribution in [2.45, 2.75) is 12.5 Å². The second kappa shape index (κ2) is 6.31. The lowest BCUT2D eigenvalue weighted by atomic mass is 10.3. The van der Waals surface area contributed by atoms with E-state index in [2.05, 4.69) is 5.32 Å². The highest BCUT2D eigenvalue weighted by Gasteiger charge is 2.35. The number of morpholine rings is 1. The van der Waals surface area contributed by atoms with Crippen molar-refractivity contribution in [2.75, 3.05) is 46.4 Å². The van der Waals surface area contributed by atoms with E-state index in [1.807, 2.05) is 7.05 Å². The van der Waals surface area contributed by atoms with Gasteiger partial charge in [-0.2, -0.15) is 17.0 Å². The standard InChI is InChI=1S/C9H19N3O3S.ClH/c1-10-9-2-3-12(8-9)16(13,14)11-4-6-15-7-5-11;/h9-10H,2-8H2,1H3;1H. The van der Waals surface area contributed by atoms with Crippen LogP contribution in [0.4, 0.5) is 0 Å². The largest absolute Gasteiger partial charge is 0.379 e. The van der Waals surface area contributed by atoms with Crippen molar-refractivity contribution < 1.29 is 13.2 Å². The molecule has 1 N–H and O–H groups in total. The lowest BCUT2D eigenvalue weighted by Gasteiger charge is -2.30. The molecule has 2 saturated heterocycles. The number of halogens is 1. The highest BCUT2D eigenvalue weighted by molar-refractivity contribution is 7.86. The first-order chi connectivity index (χ1) is 7.64. The van der Waals surface area contributed by atoms with Crippen LogP contribution in [0.25, 0.3) is 0 Å². The Labute approximate surface area is 109 Å². The number of ether oxygens (including phenoxy) is 1. The number of nitrogens with one attached hydrogen (secondary N) is 1. The second-order valence-electron chi connectivity index (χ2n) is 4.15. The Morgan fingerprint density at radius 1 is 1.18 bits per heavy atom. The maximum absolute atomic E-state index is 12.2. The van der Waals surface area contributed by atoms with Crippen molar-refractivity contribution >= 4 is 22.6 Å². The normalized spacial score (nSPS) is 27.9. The Balaban J connectivity index is 0.00000144. The van der Waals surface area contributed by atoms with E-state index in [4.69, 9.17) is 4.74 Å². The van der Waals surface area contributed by atoms with Crippen LogP contribution in [0.15, 0.2) is 0 Å². The molecule has 2 heterocycles. The van der Waals surface area contributed by atoms with Gasteiger partial charge in [-0.1, -0.05) is 0 Å². The van der Waals surface area contributed by atoms with E-state index in [-0.39, 0.29) is 18.4 Å². The molecule has 2 rings (SSSR count). The van der Waals surface area contributed by atoms with Crippen LogP contribution in [0.5, 0.6) is 0 Å². The topological polar surface area (TPSA) is 61.9 Å². The molecule has 0 aromatic rings. The van der Waals surface area contributed by atoms with E-state index >= 15 is 0 Å². The van der Waals surface area contributed by atoms with E-state index < -0.39 is 10.2 Å². The SMILES string of the molecule is CNC1CCN(S(=O)(=O)N2CCOCC2)C1.Cl. The third-order valence-electron chi connectivity index (χ3n) is 3.18. The number of nitrogens with zero attached hydrogens (tertiary/aromatic N) is 2. The predicted octanol–water partition coefficient (Wildman–Crippen LogP) is -0.721. The molecule has 6 nitrogen and oxygen atoms in total. The number of likely N-dealkylation sites (N-methyl/N-ethyl adjacent to an activating group) is 1. The number of hydrogen-bond donors (Lipinski definition) is 1. The minimum Gasteiger partial charge on any atom is -0.379 e. The summed E-state index contributed by atoms with van der Waals surface area (Å²) in [5.74, 6) is 0. The molecule has 2 fully saturated rings. The van der Waals surface area contributed by atoms with Crippen molar-refractivity contribution in [1.82, 2.24) is 13.9 Å². The zero-order valence-electron chi connectivity index (χ0n) is 9.96. The van der Waals surface area contributed by atoms with E-state index in [0.29, 0.717) is 39.4 Å². The van der Waals surface area contributed by atoms with Gasteiger partial charge in [0.2, 0.25) is 0 Å². The van der Waals surface area contributed by atoms with Gasteiger partial charge in [-0.3, -0.25) is 0 Å². The van der Waals surface area contributed by atoms with Crippen LogP contribution >= 0.6 is 12.4 Å². The van der Waals surface area contributed by atoms with Crippen LogP contribution in [-0.4, -0.2) is 69.5 Å². The van der Waals surface area contributed by atoms with Gasteiger partial charge in [-0.25, -0.2) is 0 Å². The molecule has 2 aliphatic rings. The molecule has 17 heavy (non-hydrogen) atoms. The lowest BCUT2D eigenvalue weighted by Crippen LogP contribution is -2.48. The first-order valence-electron chi connectivity index (χ1n) is 5.65. The highest BCUT2D eigenvalue weighted by atomic mass is 35.5. The summed E-state index contributed by atoms with van der Waals surface area (Å²) in [6.45, 7) is 3.15. The third-order valence-corrected chi connectivity index (χ3v) is 5.18. The predicted molar refractivity (Wildman–Crippen MR) is 67.6 cm³/mol. The molecule has 0 amide bonds. The van der Waals surface area contributed by atoms with Gasteiger partial charge in [-0.05, 0) is 13.5 Å². The highest BCUT2D eigenvalue weighted by Crippen LogP contribution is 2.17. The van der Waals surface area contributed by atoms with Crippen LogP contribution in [-0.2, 0) is 14.9 Å². The molecule has 1 atom stereocenters. The fourth-order valence-corrected chi connectivity index (χ4v) is 3.76. The maximum Gasteiger partial charge on any atom is 0.282 e. The van der Waals surface area contributed by atoms with Gasteiger partial charge in [0.1, 0.15) is 0 Å². The van der Waals surface area contributed by atoms with E-state index in [1.54, 1.807) is 4.31 Å². The average Bonchev–Trinajstić information content (AvgIpc) is 2.79. The smallest absolute Gasteiger partial charge is 0.282 e. The molecule has 0 radical (unpaired) electrons. The first-order valence-corrected chi connectivity index (χ1v) is 7.04. The van der Waals surface area contributed by atoms with Crippen LogP contribution in [0.1, 0.15) is 6.42 Å². The Bertz CT molecular complexity index is 332. The summed E-state index contributed by atoms with van der Waals surface area (Å²) in [6.07, 6.45) is 0.889.